The van der Waals surface area contributed by atoms with Gasteiger partial charge in [0, 0.05) is 44.5 Å². The van der Waals surface area contributed by atoms with Crippen LogP contribution in [0.5, 0.6) is 0 Å². The maximum absolute atomic E-state index is 13.2. The van der Waals surface area contributed by atoms with Gasteiger partial charge in [0.2, 0.25) is 0 Å². The summed E-state index contributed by atoms with van der Waals surface area (Å²) in [6.07, 6.45) is 3.39. The Morgan fingerprint density at radius 1 is 1.07 bits per heavy atom. The Bertz CT molecular complexity index is 1070. The van der Waals surface area contributed by atoms with Crippen LogP contribution in [0.3, 0.4) is 0 Å². The fraction of sp³-hybridized carbons (Fsp3) is 0.364. The summed E-state index contributed by atoms with van der Waals surface area (Å²) in [7, 11) is 0. The molecule has 1 aliphatic rings. The van der Waals surface area contributed by atoms with Crippen molar-refractivity contribution in [2.24, 2.45) is 5.92 Å². The van der Waals surface area contributed by atoms with Crippen molar-refractivity contribution in [3.05, 3.63) is 64.7 Å². The number of anilines is 1. The van der Waals surface area contributed by atoms with Crippen LogP contribution < -0.4 is 10.5 Å². The van der Waals surface area contributed by atoms with Gasteiger partial charge in [-0.3, -0.25) is 14.6 Å². The standard InChI is InChI=1S/C22H25N5O2/c1-16(2)15-27-19-14-23-9-8-18(19)24-20(22(27)29)25-10-12-26(13-11-25)21(28)17-6-4-3-5-7-17/h3-9,14,16H,10-13,15H2,1-2H3. The first-order valence-electron chi connectivity index (χ1n) is 9.98. The van der Waals surface area contributed by atoms with Crippen molar-refractivity contribution in [1.29, 1.82) is 0 Å². The molecule has 3 aromatic rings. The van der Waals surface area contributed by atoms with Gasteiger partial charge in [0.25, 0.3) is 11.5 Å². The SMILES string of the molecule is CC(C)Cn1c(=O)c(N2CCN(C(=O)c3ccccc3)CC2)nc2ccncc21. The predicted octanol–water partition coefficient (Wildman–Crippen LogP) is 2.41. The molecule has 4 rings (SSSR count). The monoisotopic (exact) mass is 391 g/mol. The number of hydrogen-bond acceptors (Lipinski definition) is 5. The lowest BCUT2D eigenvalue weighted by molar-refractivity contribution is 0.0746. The number of carbonyl (C=O) groups excluding carboxylic acids is 1. The van der Waals surface area contributed by atoms with E-state index < -0.39 is 0 Å². The number of piperazine rings is 1. The molecule has 0 radical (unpaired) electrons. The summed E-state index contributed by atoms with van der Waals surface area (Å²) in [4.78, 5) is 38.5. The van der Waals surface area contributed by atoms with Gasteiger partial charge in [-0.1, -0.05) is 32.0 Å². The van der Waals surface area contributed by atoms with Crippen LogP contribution in [0, 0.1) is 5.92 Å². The molecule has 0 aliphatic carbocycles. The first kappa shape index (κ1) is 19.1. The average Bonchev–Trinajstić information content (AvgIpc) is 2.75. The molecule has 1 saturated heterocycles. The second kappa shape index (κ2) is 8.03. The van der Waals surface area contributed by atoms with Crippen LogP contribution in [0.1, 0.15) is 24.2 Å². The summed E-state index contributed by atoms with van der Waals surface area (Å²) in [5, 5.41) is 0. The Morgan fingerprint density at radius 3 is 2.48 bits per heavy atom. The number of carbonyl (C=O) groups is 1. The van der Waals surface area contributed by atoms with Crippen LogP contribution in [0.25, 0.3) is 11.0 Å². The third kappa shape index (κ3) is 3.85. The summed E-state index contributed by atoms with van der Waals surface area (Å²) in [6, 6.07) is 11.1. The smallest absolute Gasteiger partial charge is 0.294 e. The summed E-state index contributed by atoms with van der Waals surface area (Å²) in [5.74, 6) is 0.808. The van der Waals surface area contributed by atoms with Gasteiger partial charge in [-0.15, -0.1) is 0 Å². The topological polar surface area (TPSA) is 71.3 Å². The number of pyridine rings is 1. The molecule has 3 heterocycles. The van der Waals surface area contributed by atoms with Gasteiger partial charge in [0.1, 0.15) is 0 Å². The lowest BCUT2D eigenvalue weighted by Crippen LogP contribution is -2.50. The first-order chi connectivity index (χ1) is 14.0. The van der Waals surface area contributed by atoms with Crippen LogP contribution in [0.2, 0.25) is 0 Å². The highest BCUT2D eigenvalue weighted by Crippen LogP contribution is 2.17. The molecule has 0 N–H and O–H groups in total. The minimum absolute atomic E-state index is 0.0278. The molecule has 1 aromatic carbocycles. The molecule has 29 heavy (non-hydrogen) atoms. The first-order valence-corrected chi connectivity index (χ1v) is 9.98. The van der Waals surface area contributed by atoms with Crippen molar-refractivity contribution in [3.63, 3.8) is 0 Å². The van der Waals surface area contributed by atoms with E-state index in [0.717, 1.165) is 11.0 Å². The van der Waals surface area contributed by atoms with E-state index in [2.05, 4.69) is 23.8 Å². The van der Waals surface area contributed by atoms with Gasteiger partial charge in [-0.2, -0.15) is 0 Å². The van der Waals surface area contributed by atoms with Gasteiger partial charge in [0.15, 0.2) is 5.82 Å². The Balaban J connectivity index is 1.59. The van der Waals surface area contributed by atoms with E-state index in [-0.39, 0.29) is 11.5 Å². The van der Waals surface area contributed by atoms with Gasteiger partial charge in [-0.05, 0) is 24.1 Å². The minimum atomic E-state index is -0.0953. The van der Waals surface area contributed by atoms with Crippen LogP contribution in [0.4, 0.5) is 5.82 Å². The average molecular weight is 391 g/mol. The highest BCUT2D eigenvalue weighted by Gasteiger charge is 2.25. The number of amides is 1. The number of nitrogens with zero attached hydrogens (tertiary/aromatic N) is 5. The van der Waals surface area contributed by atoms with Crippen molar-refractivity contribution < 1.29 is 4.79 Å². The molecular formula is C22H25N5O2. The van der Waals surface area contributed by atoms with E-state index in [0.29, 0.717) is 50.0 Å². The maximum atomic E-state index is 13.2. The summed E-state index contributed by atoms with van der Waals surface area (Å²) in [5.41, 5.74) is 2.12. The number of aromatic nitrogens is 3. The van der Waals surface area contributed by atoms with Gasteiger partial charge in [0.05, 0.1) is 17.2 Å². The largest absolute Gasteiger partial charge is 0.348 e. The fourth-order valence-corrected chi connectivity index (χ4v) is 3.71. The predicted molar refractivity (Wildman–Crippen MR) is 113 cm³/mol. The number of hydrogen-bond donors (Lipinski definition) is 0. The van der Waals surface area contributed by atoms with E-state index in [9.17, 15) is 9.59 Å². The van der Waals surface area contributed by atoms with E-state index >= 15 is 0 Å². The molecule has 0 atom stereocenters. The van der Waals surface area contributed by atoms with Crippen LogP contribution >= 0.6 is 0 Å². The Morgan fingerprint density at radius 2 is 1.79 bits per heavy atom. The zero-order chi connectivity index (χ0) is 20.4. The lowest BCUT2D eigenvalue weighted by Gasteiger charge is -2.35. The zero-order valence-corrected chi connectivity index (χ0v) is 16.8. The molecule has 150 valence electrons. The van der Waals surface area contributed by atoms with E-state index in [1.807, 2.05) is 46.2 Å². The molecule has 0 unspecified atom stereocenters. The molecule has 7 heteroatoms. The number of benzene rings is 1. The Kier molecular flexibility index (Phi) is 5.29. The van der Waals surface area contributed by atoms with E-state index in [1.54, 1.807) is 17.0 Å². The molecule has 1 amide bonds. The van der Waals surface area contributed by atoms with Crippen molar-refractivity contribution in [2.45, 2.75) is 20.4 Å². The van der Waals surface area contributed by atoms with Crippen molar-refractivity contribution in [2.75, 3.05) is 31.1 Å². The van der Waals surface area contributed by atoms with Crippen LogP contribution in [-0.2, 0) is 6.54 Å². The number of fused-ring (bicyclic) bond motifs is 1. The Hall–Kier alpha value is -3.22. The van der Waals surface area contributed by atoms with Crippen molar-refractivity contribution >= 4 is 22.8 Å². The maximum Gasteiger partial charge on any atom is 0.294 e. The van der Waals surface area contributed by atoms with E-state index in [4.69, 9.17) is 0 Å². The normalized spacial score (nSPS) is 14.6. The molecule has 1 aliphatic heterocycles. The molecule has 0 spiro atoms. The van der Waals surface area contributed by atoms with Gasteiger partial charge >= 0.3 is 0 Å². The fourth-order valence-electron chi connectivity index (χ4n) is 3.71. The molecule has 0 bridgehead atoms. The second-order valence-electron chi connectivity index (χ2n) is 7.75. The van der Waals surface area contributed by atoms with Crippen LogP contribution in [-0.4, -0.2) is 51.5 Å². The quantitative estimate of drug-likeness (QED) is 0.683. The minimum Gasteiger partial charge on any atom is -0.348 e. The lowest BCUT2D eigenvalue weighted by atomic mass is 10.2. The third-order valence-corrected chi connectivity index (χ3v) is 5.17. The van der Waals surface area contributed by atoms with Crippen molar-refractivity contribution in [3.8, 4) is 0 Å². The summed E-state index contributed by atoms with van der Waals surface area (Å²) in [6.45, 7) is 7.08. The molecule has 0 saturated carbocycles. The highest BCUT2D eigenvalue weighted by molar-refractivity contribution is 5.94. The zero-order valence-electron chi connectivity index (χ0n) is 16.8. The summed E-state index contributed by atoms with van der Waals surface area (Å²) >= 11 is 0. The van der Waals surface area contributed by atoms with Crippen LogP contribution in [0.15, 0.2) is 53.6 Å². The molecule has 7 nitrogen and oxygen atoms in total. The molecule has 1 fully saturated rings. The highest BCUT2D eigenvalue weighted by atomic mass is 16.2. The van der Waals surface area contributed by atoms with E-state index in [1.165, 1.54) is 0 Å². The van der Waals surface area contributed by atoms with Gasteiger partial charge < -0.3 is 14.4 Å². The van der Waals surface area contributed by atoms with Gasteiger partial charge in [-0.25, -0.2) is 4.98 Å². The molecule has 2 aromatic heterocycles. The second-order valence-corrected chi connectivity index (χ2v) is 7.75. The summed E-state index contributed by atoms with van der Waals surface area (Å²) < 4.78 is 1.77. The van der Waals surface area contributed by atoms with Crippen molar-refractivity contribution in [1.82, 2.24) is 19.4 Å². The molecular weight excluding hydrogens is 366 g/mol. The Labute approximate surface area is 169 Å². The number of rotatable bonds is 4. The third-order valence-electron chi connectivity index (χ3n) is 5.17.